The Kier molecular flexibility index (Phi) is 5.61. The molecule has 1 aliphatic rings. The van der Waals surface area contributed by atoms with E-state index in [0.717, 1.165) is 23.5 Å². The second-order valence-corrected chi connectivity index (χ2v) is 9.75. The van der Waals surface area contributed by atoms with Crippen LogP contribution >= 0.6 is 22.9 Å². The first-order valence-corrected chi connectivity index (χ1v) is 10.4. The molecule has 3 rings (SSSR count). The van der Waals surface area contributed by atoms with E-state index < -0.39 is 33.5 Å². The highest BCUT2D eigenvalue weighted by molar-refractivity contribution is 7.91. The van der Waals surface area contributed by atoms with Crippen LogP contribution in [0.4, 0.5) is 14.5 Å². The summed E-state index contributed by atoms with van der Waals surface area (Å²) in [7, 11) is -3.73. The predicted octanol–water partition coefficient (Wildman–Crippen LogP) is 3.72. The Morgan fingerprint density at radius 3 is 2.69 bits per heavy atom. The lowest BCUT2D eigenvalue weighted by Crippen LogP contribution is -2.43. The number of rotatable bonds is 4. The molecule has 0 bridgehead atoms. The first kappa shape index (κ1) is 19.2. The minimum atomic E-state index is -3.73. The summed E-state index contributed by atoms with van der Waals surface area (Å²) in [6, 6.07) is 5.78. The number of nitrogens with one attached hydrogen (secondary N) is 1. The van der Waals surface area contributed by atoms with Crippen LogP contribution in [0, 0.1) is 17.6 Å². The van der Waals surface area contributed by atoms with Gasteiger partial charge in [0.2, 0.25) is 5.91 Å². The Balaban J connectivity index is 1.72. The number of anilines is 1. The van der Waals surface area contributed by atoms with Crippen LogP contribution in [-0.4, -0.2) is 31.7 Å². The van der Waals surface area contributed by atoms with Gasteiger partial charge in [0.25, 0.3) is 10.0 Å². The molecule has 5 nitrogen and oxygen atoms in total. The first-order valence-electron chi connectivity index (χ1n) is 7.79. The molecule has 140 valence electrons. The zero-order valence-electron chi connectivity index (χ0n) is 13.4. The van der Waals surface area contributed by atoms with Gasteiger partial charge in [0.1, 0.15) is 15.8 Å². The number of amides is 1. The average Bonchev–Trinajstić information content (AvgIpc) is 3.05. The Morgan fingerprint density at radius 2 is 2.04 bits per heavy atom. The molecule has 26 heavy (non-hydrogen) atoms. The first-order chi connectivity index (χ1) is 12.3. The van der Waals surface area contributed by atoms with Crippen molar-refractivity contribution in [1.82, 2.24) is 4.31 Å². The second kappa shape index (κ2) is 7.59. The number of piperidine rings is 1. The van der Waals surface area contributed by atoms with Crippen molar-refractivity contribution in [2.75, 3.05) is 18.4 Å². The molecule has 1 amide bonds. The maximum atomic E-state index is 13.7. The largest absolute Gasteiger partial charge is 0.323 e. The average molecular weight is 421 g/mol. The van der Waals surface area contributed by atoms with E-state index >= 15 is 0 Å². The number of hydrogen-bond acceptors (Lipinski definition) is 4. The van der Waals surface area contributed by atoms with Crippen molar-refractivity contribution >= 4 is 44.6 Å². The normalized spacial score (nSPS) is 18.7. The van der Waals surface area contributed by atoms with E-state index in [1.165, 1.54) is 16.4 Å². The topological polar surface area (TPSA) is 66.5 Å². The molecule has 1 aromatic heterocycles. The standard InChI is InChI=1S/C16H15ClF2N2O3S2/c17-14-5-6-15(25-14)26(23,24)21-7-1-2-10(9-21)16(22)20-13-4-3-11(18)8-12(13)19/h3-6,8,10H,1-2,7,9H2,(H,20,22). The van der Waals surface area contributed by atoms with E-state index in [-0.39, 0.29) is 16.4 Å². The molecule has 1 unspecified atom stereocenters. The summed E-state index contributed by atoms with van der Waals surface area (Å²) in [5.74, 6) is -2.75. The Labute approximate surface area is 158 Å². The fourth-order valence-corrected chi connectivity index (χ4v) is 5.92. The molecule has 0 saturated carbocycles. The number of thiophene rings is 1. The molecule has 0 aliphatic carbocycles. The molecular formula is C16H15ClF2N2O3S2. The number of sulfonamides is 1. The molecule has 1 saturated heterocycles. The van der Waals surface area contributed by atoms with E-state index in [1.54, 1.807) is 0 Å². The van der Waals surface area contributed by atoms with Gasteiger partial charge in [-0.25, -0.2) is 17.2 Å². The maximum Gasteiger partial charge on any atom is 0.252 e. The summed E-state index contributed by atoms with van der Waals surface area (Å²) in [5, 5.41) is 2.40. The van der Waals surface area contributed by atoms with Crippen molar-refractivity contribution < 1.29 is 22.0 Å². The lowest BCUT2D eigenvalue weighted by molar-refractivity contribution is -0.120. The van der Waals surface area contributed by atoms with Gasteiger partial charge < -0.3 is 5.32 Å². The summed E-state index contributed by atoms with van der Waals surface area (Å²) >= 11 is 6.76. The lowest BCUT2D eigenvalue weighted by Gasteiger charge is -2.30. The maximum absolute atomic E-state index is 13.7. The van der Waals surface area contributed by atoms with Gasteiger partial charge in [-0.15, -0.1) is 11.3 Å². The highest BCUT2D eigenvalue weighted by atomic mass is 35.5. The van der Waals surface area contributed by atoms with Crippen LogP contribution in [-0.2, 0) is 14.8 Å². The molecule has 1 aromatic carbocycles. The number of halogens is 3. The van der Waals surface area contributed by atoms with Crippen molar-refractivity contribution in [2.24, 2.45) is 5.92 Å². The SMILES string of the molecule is O=C(Nc1ccc(F)cc1F)C1CCCN(S(=O)(=O)c2ccc(Cl)s2)C1. The van der Waals surface area contributed by atoms with Crippen LogP contribution in [0.1, 0.15) is 12.8 Å². The Hall–Kier alpha value is -1.55. The molecular weight excluding hydrogens is 406 g/mol. The van der Waals surface area contributed by atoms with Gasteiger partial charge in [0.05, 0.1) is 15.9 Å². The van der Waals surface area contributed by atoms with Crippen molar-refractivity contribution in [3.05, 3.63) is 46.3 Å². The van der Waals surface area contributed by atoms with Gasteiger partial charge in [0, 0.05) is 19.2 Å². The van der Waals surface area contributed by atoms with Crippen LogP contribution in [0.25, 0.3) is 0 Å². The van der Waals surface area contributed by atoms with Gasteiger partial charge in [-0.1, -0.05) is 11.6 Å². The van der Waals surface area contributed by atoms with Gasteiger partial charge >= 0.3 is 0 Å². The molecule has 1 fully saturated rings. The third kappa shape index (κ3) is 4.06. The molecule has 1 atom stereocenters. The van der Waals surface area contributed by atoms with Crippen molar-refractivity contribution in [3.63, 3.8) is 0 Å². The fourth-order valence-electron chi connectivity index (χ4n) is 2.76. The Bertz CT molecular complexity index is 933. The van der Waals surface area contributed by atoms with Gasteiger partial charge in [0.15, 0.2) is 0 Å². The third-order valence-electron chi connectivity index (χ3n) is 4.09. The summed E-state index contributed by atoms with van der Waals surface area (Å²) in [6.07, 6.45) is 0.980. The van der Waals surface area contributed by atoms with E-state index in [2.05, 4.69) is 5.32 Å². The Morgan fingerprint density at radius 1 is 1.27 bits per heavy atom. The van der Waals surface area contributed by atoms with Crippen LogP contribution < -0.4 is 5.32 Å². The summed E-state index contributed by atoms with van der Waals surface area (Å²) < 4.78 is 53.7. The molecule has 2 aromatic rings. The van der Waals surface area contributed by atoms with Crippen molar-refractivity contribution in [1.29, 1.82) is 0 Å². The zero-order valence-corrected chi connectivity index (χ0v) is 15.8. The van der Waals surface area contributed by atoms with Crippen molar-refractivity contribution in [3.8, 4) is 0 Å². The highest BCUT2D eigenvalue weighted by Gasteiger charge is 2.34. The highest BCUT2D eigenvalue weighted by Crippen LogP contribution is 2.31. The third-order valence-corrected chi connectivity index (χ3v) is 7.65. The number of carbonyl (C=O) groups is 1. The fraction of sp³-hybridized carbons (Fsp3) is 0.312. The predicted molar refractivity (Wildman–Crippen MR) is 95.8 cm³/mol. The smallest absolute Gasteiger partial charge is 0.252 e. The molecule has 1 N–H and O–H groups in total. The van der Waals surface area contributed by atoms with E-state index in [9.17, 15) is 22.0 Å². The van der Waals surface area contributed by atoms with Gasteiger partial charge in [-0.05, 0) is 37.1 Å². The summed E-state index contributed by atoms with van der Waals surface area (Å²) in [5.41, 5.74) is -0.138. The van der Waals surface area contributed by atoms with Crippen LogP contribution in [0.5, 0.6) is 0 Å². The van der Waals surface area contributed by atoms with Crippen LogP contribution in [0.15, 0.2) is 34.5 Å². The van der Waals surface area contributed by atoms with Crippen LogP contribution in [0.3, 0.4) is 0 Å². The monoisotopic (exact) mass is 420 g/mol. The molecule has 10 heteroatoms. The van der Waals surface area contributed by atoms with Gasteiger partial charge in [-0.3, -0.25) is 4.79 Å². The minimum Gasteiger partial charge on any atom is -0.323 e. The molecule has 1 aliphatic heterocycles. The van der Waals surface area contributed by atoms with Gasteiger partial charge in [-0.2, -0.15) is 4.31 Å². The molecule has 0 radical (unpaired) electrons. The lowest BCUT2D eigenvalue weighted by atomic mass is 9.98. The summed E-state index contributed by atoms with van der Waals surface area (Å²) in [6.45, 7) is 0.291. The van der Waals surface area contributed by atoms with Crippen LogP contribution in [0.2, 0.25) is 4.34 Å². The number of hydrogen-bond donors (Lipinski definition) is 1. The van der Waals surface area contributed by atoms with E-state index in [0.29, 0.717) is 29.8 Å². The quantitative estimate of drug-likeness (QED) is 0.819. The molecule has 2 heterocycles. The second-order valence-electron chi connectivity index (χ2n) is 5.87. The number of benzene rings is 1. The summed E-state index contributed by atoms with van der Waals surface area (Å²) in [4.78, 5) is 12.4. The van der Waals surface area contributed by atoms with E-state index in [1.807, 2.05) is 0 Å². The zero-order chi connectivity index (χ0) is 18.9. The number of nitrogens with zero attached hydrogens (tertiary/aromatic N) is 1. The van der Waals surface area contributed by atoms with Crippen molar-refractivity contribution in [2.45, 2.75) is 17.1 Å². The number of carbonyl (C=O) groups excluding carboxylic acids is 1. The minimum absolute atomic E-state index is 0.00744. The van der Waals surface area contributed by atoms with E-state index in [4.69, 9.17) is 11.6 Å². The molecule has 0 spiro atoms.